The maximum Gasteiger partial charge on any atom is 0.270 e. The first kappa shape index (κ1) is 16.1. The Balaban J connectivity index is 1.47. The number of carbonyl (C=O) groups is 1. The van der Waals surface area contributed by atoms with Crippen molar-refractivity contribution in [1.29, 1.82) is 0 Å². The summed E-state index contributed by atoms with van der Waals surface area (Å²) in [5.41, 5.74) is 2.60. The number of hydrogen-bond acceptors (Lipinski definition) is 5. The standard InChI is InChI=1S/C20H17N3O3/c1-25-18-12-16(22-14-7-3-2-6-13(14)18)20(24)21-11-10-19-23-15-8-4-5-9-17(15)26-19/h2-9,12H,10-11H2,1H3,(H,21,24). The number of carbonyl (C=O) groups excluding carboxylic acids is 1. The summed E-state index contributed by atoms with van der Waals surface area (Å²) in [6, 6.07) is 16.8. The fourth-order valence-electron chi connectivity index (χ4n) is 2.83. The minimum Gasteiger partial charge on any atom is -0.496 e. The van der Waals surface area contributed by atoms with Crippen LogP contribution in [0.3, 0.4) is 0 Å². The van der Waals surface area contributed by atoms with Gasteiger partial charge in [-0.3, -0.25) is 4.79 Å². The van der Waals surface area contributed by atoms with Crippen LogP contribution in [0.1, 0.15) is 16.4 Å². The molecule has 0 aliphatic rings. The molecule has 0 radical (unpaired) electrons. The fraction of sp³-hybridized carbons (Fsp3) is 0.150. The number of oxazole rings is 1. The quantitative estimate of drug-likeness (QED) is 0.599. The lowest BCUT2D eigenvalue weighted by Gasteiger charge is -2.08. The SMILES string of the molecule is COc1cc(C(=O)NCCc2nc3ccccc3o2)nc2ccccc12. The van der Waals surface area contributed by atoms with Gasteiger partial charge in [-0.15, -0.1) is 0 Å². The zero-order chi connectivity index (χ0) is 17.9. The molecule has 0 aliphatic heterocycles. The van der Waals surface area contributed by atoms with Crippen LogP contribution in [0.5, 0.6) is 5.75 Å². The van der Waals surface area contributed by atoms with Crippen molar-refractivity contribution in [2.24, 2.45) is 0 Å². The topological polar surface area (TPSA) is 77.2 Å². The predicted molar refractivity (Wildman–Crippen MR) is 98.3 cm³/mol. The van der Waals surface area contributed by atoms with Gasteiger partial charge in [0.05, 0.1) is 12.6 Å². The lowest BCUT2D eigenvalue weighted by Crippen LogP contribution is -2.26. The first-order chi connectivity index (χ1) is 12.7. The monoisotopic (exact) mass is 347 g/mol. The smallest absolute Gasteiger partial charge is 0.270 e. The number of nitrogens with zero attached hydrogens (tertiary/aromatic N) is 2. The summed E-state index contributed by atoms with van der Waals surface area (Å²) in [7, 11) is 1.58. The highest BCUT2D eigenvalue weighted by Gasteiger charge is 2.13. The fourth-order valence-corrected chi connectivity index (χ4v) is 2.83. The molecule has 0 unspecified atom stereocenters. The number of aromatic nitrogens is 2. The largest absolute Gasteiger partial charge is 0.496 e. The number of ether oxygens (including phenoxy) is 1. The molecule has 2 heterocycles. The molecule has 0 aliphatic carbocycles. The van der Waals surface area contributed by atoms with Crippen molar-refractivity contribution in [3.05, 3.63) is 66.2 Å². The summed E-state index contributed by atoms with van der Waals surface area (Å²) < 4.78 is 11.0. The second-order valence-corrected chi connectivity index (χ2v) is 5.81. The summed E-state index contributed by atoms with van der Waals surface area (Å²) in [5, 5.41) is 3.72. The minimum atomic E-state index is -0.259. The van der Waals surface area contributed by atoms with Crippen LogP contribution in [0.15, 0.2) is 59.0 Å². The lowest BCUT2D eigenvalue weighted by molar-refractivity contribution is 0.0948. The first-order valence-corrected chi connectivity index (χ1v) is 8.31. The van der Waals surface area contributed by atoms with E-state index >= 15 is 0 Å². The Bertz CT molecular complexity index is 1060. The summed E-state index contributed by atoms with van der Waals surface area (Å²) >= 11 is 0. The van der Waals surface area contributed by atoms with Gasteiger partial charge in [0, 0.05) is 24.4 Å². The Kier molecular flexibility index (Phi) is 4.23. The van der Waals surface area contributed by atoms with Crippen LogP contribution in [0.25, 0.3) is 22.0 Å². The van der Waals surface area contributed by atoms with E-state index in [9.17, 15) is 4.79 Å². The van der Waals surface area contributed by atoms with E-state index in [2.05, 4.69) is 15.3 Å². The molecule has 6 nitrogen and oxygen atoms in total. The molecular formula is C20H17N3O3. The van der Waals surface area contributed by atoms with Crippen molar-refractivity contribution in [2.75, 3.05) is 13.7 Å². The molecule has 2 aromatic carbocycles. The maximum absolute atomic E-state index is 12.4. The molecule has 130 valence electrons. The number of hydrogen-bond donors (Lipinski definition) is 1. The molecule has 0 fully saturated rings. The first-order valence-electron chi connectivity index (χ1n) is 8.31. The van der Waals surface area contributed by atoms with Gasteiger partial charge in [-0.1, -0.05) is 24.3 Å². The van der Waals surface area contributed by atoms with Gasteiger partial charge in [0.1, 0.15) is 17.0 Å². The zero-order valence-corrected chi connectivity index (χ0v) is 14.2. The molecule has 4 aromatic rings. The van der Waals surface area contributed by atoms with E-state index in [1.165, 1.54) is 0 Å². The Labute approximate surface area is 149 Å². The molecule has 4 rings (SSSR count). The van der Waals surface area contributed by atoms with Crippen LogP contribution in [-0.2, 0) is 6.42 Å². The van der Waals surface area contributed by atoms with Crippen LogP contribution in [0.2, 0.25) is 0 Å². The van der Waals surface area contributed by atoms with Crippen LogP contribution in [-0.4, -0.2) is 29.5 Å². The molecule has 1 amide bonds. The van der Waals surface area contributed by atoms with Crippen molar-refractivity contribution < 1.29 is 13.9 Å². The average molecular weight is 347 g/mol. The van der Waals surface area contributed by atoms with Gasteiger partial charge in [0.15, 0.2) is 11.5 Å². The molecule has 6 heteroatoms. The highest BCUT2D eigenvalue weighted by Crippen LogP contribution is 2.24. The third kappa shape index (κ3) is 3.09. The van der Waals surface area contributed by atoms with Gasteiger partial charge in [-0.25, -0.2) is 9.97 Å². The van der Waals surface area contributed by atoms with Crippen molar-refractivity contribution in [3.63, 3.8) is 0 Å². The number of amides is 1. The molecule has 0 saturated carbocycles. The van der Waals surface area contributed by atoms with E-state index in [1.807, 2.05) is 48.5 Å². The van der Waals surface area contributed by atoms with Crippen LogP contribution < -0.4 is 10.1 Å². The van der Waals surface area contributed by atoms with E-state index in [-0.39, 0.29) is 5.91 Å². The molecule has 0 bridgehead atoms. The zero-order valence-electron chi connectivity index (χ0n) is 14.2. The van der Waals surface area contributed by atoms with Crippen LogP contribution >= 0.6 is 0 Å². The molecule has 2 aromatic heterocycles. The van der Waals surface area contributed by atoms with E-state index < -0.39 is 0 Å². The van der Waals surface area contributed by atoms with Gasteiger partial charge < -0.3 is 14.5 Å². The Morgan fingerprint density at radius 3 is 2.65 bits per heavy atom. The Morgan fingerprint density at radius 2 is 1.85 bits per heavy atom. The molecule has 0 spiro atoms. The number of para-hydroxylation sites is 3. The van der Waals surface area contributed by atoms with Crippen LogP contribution in [0.4, 0.5) is 0 Å². The highest BCUT2D eigenvalue weighted by atomic mass is 16.5. The summed E-state index contributed by atoms with van der Waals surface area (Å²) in [6.45, 7) is 0.405. The maximum atomic E-state index is 12.4. The third-order valence-electron chi connectivity index (χ3n) is 4.09. The molecule has 0 saturated heterocycles. The average Bonchev–Trinajstić information content (AvgIpc) is 3.09. The summed E-state index contributed by atoms with van der Waals surface area (Å²) in [5.74, 6) is 0.959. The Morgan fingerprint density at radius 1 is 1.08 bits per heavy atom. The Hall–Kier alpha value is -3.41. The number of fused-ring (bicyclic) bond motifs is 2. The number of rotatable bonds is 5. The van der Waals surface area contributed by atoms with Crippen molar-refractivity contribution in [2.45, 2.75) is 6.42 Å². The number of nitrogens with one attached hydrogen (secondary N) is 1. The normalized spacial score (nSPS) is 11.0. The van der Waals surface area contributed by atoms with Gasteiger partial charge in [-0.05, 0) is 24.3 Å². The summed E-state index contributed by atoms with van der Waals surface area (Å²) in [4.78, 5) is 21.2. The molecule has 26 heavy (non-hydrogen) atoms. The molecular weight excluding hydrogens is 330 g/mol. The van der Waals surface area contributed by atoms with Crippen molar-refractivity contribution >= 4 is 27.9 Å². The lowest BCUT2D eigenvalue weighted by atomic mass is 10.1. The van der Waals surface area contributed by atoms with E-state index in [0.717, 1.165) is 22.0 Å². The van der Waals surface area contributed by atoms with Gasteiger partial charge >= 0.3 is 0 Å². The van der Waals surface area contributed by atoms with Crippen molar-refractivity contribution in [1.82, 2.24) is 15.3 Å². The third-order valence-corrected chi connectivity index (χ3v) is 4.09. The van der Waals surface area contributed by atoms with Gasteiger partial charge in [-0.2, -0.15) is 0 Å². The highest BCUT2D eigenvalue weighted by molar-refractivity contribution is 5.97. The number of methoxy groups -OCH3 is 1. The second-order valence-electron chi connectivity index (χ2n) is 5.81. The number of benzene rings is 2. The van der Waals surface area contributed by atoms with Crippen LogP contribution in [0, 0.1) is 0 Å². The minimum absolute atomic E-state index is 0.259. The number of pyridine rings is 1. The van der Waals surface area contributed by atoms with Crippen molar-refractivity contribution in [3.8, 4) is 5.75 Å². The summed E-state index contributed by atoms with van der Waals surface area (Å²) in [6.07, 6.45) is 0.505. The molecule has 1 N–H and O–H groups in total. The predicted octanol–water partition coefficient (Wildman–Crippen LogP) is 3.36. The van der Waals surface area contributed by atoms with E-state index in [1.54, 1.807) is 13.2 Å². The molecule has 0 atom stereocenters. The van der Waals surface area contributed by atoms with Gasteiger partial charge in [0.2, 0.25) is 0 Å². The van der Waals surface area contributed by atoms with E-state index in [0.29, 0.717) is 30.3 Å². The second kappa shape index (κ2) is 6.84. The van der Waals surface area contributed by atoms with Gasteiger partial charge in [0.25, 0.3) is 5.91 Å². The van der Waals surface area contributed by atoms with E-state index in [4.69, 9.17) is 9.15 Å².